The van der Waals surface area contributed by atoms with Gasteiger partial charge in [-0.3, -0.25) is 4.79 Å². The Bertz CT molecular complexity index is 168. The van der Waals surface area contributed by atoms with E-state index in [9.17, 15) is 4.79 Å². The number of carbonyl (C=O) groups excluding carboxylic acids is 1. The Morgan fingerprint density at radius 3 is 2.00 bits per heavy atom. The van der Waals surface area contributed by atoms with E-state index in [4.69, 9.17) is 5.11 Å². The molecule has 1 radical (unpaired) electrons. The molecule has 0 bridgehead atoms. The number of rotatable bonds is 7. The summed E-state index contributed by atoms with van der Waals surface area (Å²) in [5.74, 6) is 0. The van der Waals surface area contributed by atoms with Crippen molar-refractivity contribution in [1.82, 2.24) is 9.80 Å². The first-order valence-electron chi connectivity index (χ1n) is 5.77. The number of aliphatic hydroxyl groups is 1. The SMILES string of the molecule is O=[C]CCCN1CCN(CCCO)CC1. The van der Waals surface area contributed by atoms with E-state index in [0.717, 1.165) is 52.1 Å². The van der Waals surface area contributed by atoms with E-state index < -0.39 is 0 Å². The number of hydrogen-bond donors (Lipinski definition) is 1. The first-order valence-corrected chi connectivity index (χ1v) is 5.77. The molecular weight excluding hydrogens is 192 g/mol. The first kappa shape index (κ1) is 12.6. The Morgan fingerprint density at radius 1 is 1.00 bits per heavy atom. The van der Waals surface area contributed by atoms with Gasteiger partial charge in [0.1, 0.15) is 0 Å². The molecule has 1 fully saturated rings. The van der Waals surface area contributed by atoms with Crippen molar-refractivity contribution in [3.8, 4) is 0 Å². The summed E-state index contributed by atoms with van der Waals surface area (Å²) in [5.41, 5.74) is 0. The third-order valence-electron chi connectivity index (χ3n) is 2.85. The van der Waals surface area contributed by atoms with Gasteiger partial charge in [0.05, 0.1) is 0 Å². The molecule has 1 aliphatic heterocycles. The molecule has 0 spiro atoms. The van der Waals surface area contributed by atoms with E-state index in [1.807, 2.05) is 6.29 Å². The highest BCUT2D eigenvalue weighted by atomic mass is 16.3. The van der Waals surface area contributed by atoms with Crippen LogP contribution in [0.25, 0.3) is 0 Å². The van der Waals surface area contributed by atoms with E-state index in [1.54, 1.807) is 0 Å². The molecule has 1 saturated heterocycles. The normalized spacial score (nSPS) is 19.3. The van der Waals surface area contributed by atoms with Gasteiger partial charge in [0.15, 0.2) is 6.29 Å². The standard InChI is InChI=1S/C11H21N2O2/c14-10-2-1-4-12-6-8-13(9-7-12)5-3-11-15/h15H,1-9,11H2. The zero-order chi connectivity index (χ0) is 10.9. The Balaban J connectivity index is 2.04. The molecule has 0 aromatic carbocycles. The summed E-state index contributed by atoms with van der Waals surface area (Å²) in [5, 5.41) is 8.72. The fourth-order valence-corrected chi connectivity index (χ4v) is 1.91. The third-order valence-corrected chi connectivity index (χ3v) is 2.85. The van der Waals surface area contributed by atoms with Crippen molar-refractivity contribution in [3.63, 3.8) is 0 Å². The minimum atomic E-state index is 0.287. The second kappa shape index (κ2) is 7.79. The lowest BCUT2D eigenvalue weighted by Crippen LogP contribution is -2.46. The lowest BCUT2D eigenvalue weighted by Gasteiger charge is -2.34. The van der Waals surface area contributed by atoms with E-state index in [-0.39, 0.29) is 6.61 Å². The summed E-state index contributed by atoms with van der Waals surface area (Å²) in [4.78, 5) is 14.8. The van der Waals surface area contributed by atoms with Crippen LogP contribution in [0.4, 0.5) is 0 Å². The summed E-state index contributed by atoms with van der Waals surface area (Å²) in [7, 11) is 0. The summed E-state index contributed by atoms with van der Waals surface area (Å²) in [6, 6.07) is 0. The van der Waals surface area contributed by atoms with Crippen molar-refractivity contribution < 1.29 is 9.90 Å². The third kappa shape index (κ3) is 5.25. The monoisotopic (exact) mass is 213 g/mol. The maximum absolute atomic E-state index is 10.0. The average molecular weight is 213 g/mol. The molecule has 0 saturated carbocycles. The molecule has 1 N–H and O–H groups in total. The predicted octanol–water partition coefficient (Wildman–Crippen LogP) is -0.124. The molecule has 1 rings (SSSR count). The van der Waals surface area contributed by atoms with Crippen molar-refractivity contribution in [1.29, 1.82) is 0 Å². The van der Waals surface area contributed by atoms with Crippen LogP contribution in [0.15, 0.2) is 0 Å². The summed E-state index contributed by atoms with van der Waals surface area (Å²) >= 11 is 0. The highest BCUT2D eigenvalue weighted by Gasteiger charge is 2.15. The fraction of sp³-hybridized carbons (Fsp3) is 0.909. The van der Waals surface area contributed by atoms with E-state index in [1.165, 1.54) is 0 Å². The van der Waals surface area contributed by atoms with Crippen LogP contribution in [0.2, 0.25) is 0 Å². The summed E-state index contributed by atoms with van der Waals surface area (Å²) < 4.78 is 0. The number of aliphatic hydroxyl groups excluding tert-OH is 1. The molecule has 0 aromatic rings. The second-order valence-corrected chi connectivity index (χ2v) is 4.01. The van der Waals surface area contributed by atoms with Gasteiger partial charge in [-0.15, -0.1) is 0 Å². The molecule has 1 aliphatic rings. The highest BCUT2D eigenvalue weighted by Crippen LogP contribution is 2.03. The maximum Gasteiger partial charge on any atom is 0.198 e. The van der Waals surface area contributed by atoms with Gasteiger partial charge in [-0.25, -0.2) is 0 Å². The van der Waals surface area contributed by atoms with Gasteiger partial charge < -0.3 is 14.9 Å². The van der Waals surface area contributed by atoms with Crippen LogP contribution in [-0.4, -0.2) is 67.1 Å². The van der Waals surface area contributed by atoms with Crippen LogP contribution < -0.4 is 0 Å². The maximum atomic E-state index is 10.0. The van der Waals surface area contributed by atoms with E-state index >= 15 is 0 Å². The molecule has 15 heavy (non-hydrogen) atoms. The van der Waals surface area contributed by atoms with Gasteiger partial charge in [-0.1, -0.05) is 0 Å². The summed E-state index contributed by atoms with van der Waals surface area (Å²) in [6.45, 7) is 6.66. The first-order chi connectivity index (χ1) is 7.36. The Labute approximate surface area is 91.9 Å². The van der Waals surface area contributed by atoms with Gasteiger partial charge >= 0.3 is 0 Å². The molecule has 0 aliphatic carbocycles. The zero-order valence-corrected chi connectivity index (χ0v) is 9.32. The van der Waals surface area contributed by atoms with Crippen molar-refractivity contribution >= 4 is 6.29 Å². The molecule has 0 amide bonds. The number of nitrogens with zero attached hydrogens (tertiary/aromatic N) is 2. The zero-order valence-electron chi connectivity index (χ0n) is 9.32. The molecular formula is C11H21N2O2. The second-order valence-electron chi connectivity index (χ2n) is 4.01. The van der Waals surface area contributed by atoms with Gasteiger partial charge in [0.25, 0.3) is 0 Å². The van der Waals surface area contributed by atoms with E-state index in [0.29, 0.717) is 6.42 Å². The van der Waals surface area contributed by atoms with Crippen LogP contribution in [0.1, 0.15) is 19.3 Å². The van der Waals surface area contributed by atoms with Crippen molar-refractivity contribution in [2.45, 2.75) is 19.3 Å². The Kier molecular flexibility index (Phi) is 6.55. The minimum Gasteiger partial charge on any atom is -0.396 e. The van der Waals surface area contributed by atoms with Gasteiger partial charge in [0.2, 0.25) is 0 Å². The quantitative estimate of drug-likeness (QED) is 0.599. The van der Waals surface area contributed by atoms with Crippen LogP contribution in [0, 0.1) is 0 Å². The molecule has 4 heteroatoms. The van der Waals surface area contributed by atoms with Crippen LogP contribution in [0.5, 0.6) is 0 Å². The molecule has 4 nitrogen and oxygen atoms in total. The van der Waals surface area contributed by atoms with Gasteiger partial charge in [-0.2, -0.15) is 0 Å². The molecule has 0 unspecified atom stereocenters. The smallest absolute Gasteiger partial charge is 0.198 e. The highest BCUT2D eigenvalue weighted by molar-refractivity contribution is 5.50. The fourth-order valence-electron chi connectivity index (χ4n) is 1.91. The van der Waals surface area contributed by atoms with Crippen molar-refractivity contribution in [3.05, 3.63) is 0 Å². The molecule has 87 valence electrons. The van der Waals surface area contributed by atoms with E-state index in [2.05, 4.69) is 9.80 Å². The number of hydrogen-bond acceptors (Lipinski definition) is 4. The molecule has 1 heterocycles. The predicted molar refractivity (Wildman–Crippen MR) is 59.5 cm³/mol. The Hall–Kier alpha value is -0.450. The van der Waals surface area contributed by atoms with Crippen molar-refractivity contribution in [2.24, 2.45) is 0 Å². The van der Waals surface area contributed by atoms with Crippen LogP contribution >= 0.6 is 0 Å². The van der Waals surface area contributed by atoms with Gasteiger partial charge in [-0.05, 0) is 19.4 Å². The molecule has 0 atom stereocenters. The molecule has 0 aromatic heterocycles. The summed E-state index contributed by atoms with van der Waals surface area (Å²) in [6.07, 6.45) is 4.30. The number of unbranched alkanes of at least 4 members (excludes halogenated alkanes) is 1. The van der Waals surface area contributed by atoms with Crippen LogP contribution in [-0.2, 0) is 4.79 Å². The lowest BCUT2D eigenvalue weighted by atomic mass is 10.2. The average Bonchev–Trinajstić information content (AvgIpc) is 2.28. The number of piperazine rings is 1. The lowest BCUT2D eigenvalue weighted by molar-refractivity contribution is 0.124. The van der Waals surface area contributed by atoms with Crippen LogP contribution in [0.3, 0.4) is 0 Å². The Morgan fingerprint density at radius 2 is 1.53 bits per heavy atom. The van der Waals surface area contributed by atoms with Crippen molar-refractivity contribution in [2.75, 3.05) is 45.9 Å². The largest absolute Gasteiger partial charge is 0.396 e. The topological polar surface area (TPSA) is 43.8 Å². The minimum absolute atomic E-state index is 0.287. The van der Waals surface area contributed by atoms with Gasteiger partial charge in [0, 0.05) is 45.8 Å².